The lowest BCUT2D eigenvalue weighted by atomic mass is 9.98. The van der Waals surface area contributed by atoms with Crippen molar-refractivity contribution in [3.05, 3.63) is 34.3 Å². The van der Waals surface area contributed by atoms with E-state index in [1.165, 1.54) is 6.92 Å². The highest BCUT2D eigenvalue weighted by Gasteiger charge is 2.39. The first-order valence-electron chi connectivity index (χ1n) is 6.16. The van der Waals surface area contributed by atoms with Gasteiger partial charge in [0.05, 0.1) is 13.2 Å². The fourth-order valence-corrected chi connectivity index (χ4v) is 3.21. The van der Waals surface area contributed by atoms with Crippen molar-refractivity contribution in [3.63, 3.8) is 0 Å². The minimum absolute atomic E-state index is 0.166. The van der Waals surface area contributed by atoms with E-state index in [0.717, 1.165) is 4.47 Å². The van der Waals surface area contributed by atoms with E-state index in [2.05, 4.69) is 15.9 Å². The highest BCUT2D eigenvalue weighted by Crippen LogP contribution is 2.54. The molecule has 0 aromatic heterocycles. The van der Waals surface area contributed by atoms with E-state index >= 15 is 0 Å². The summed E-state index contributed by atoms with van der Waals surface area (Å²) in [6.45, 7) is 5.22. The lowest BCUT2D eigenvalue weighted by Gasteiger charge is -2.27. The molecule has 1 atom stereocenters. The van der Waals surface area contributed by atoms with E-state index in [9.17, 15) is 9.83 Å². The SMILES string of the molecule is CCOP(=O)(OCC)OC(C)(C#N)c1ccc(Br)cc1. The zero-order chi connectivity index (χ0) is 15.2. The Morgan fingerprint density at radius 1 is 1.25 bits per heavy atom. The molecule has 110 valence electrons. The van der Waals surface area contributed by atoms with Gasteiger partial charge in [0, 0.05) is 4.47 Å². The zero-order valence-electron chi connectivity index (χ0n) is 11.6. The molecule has 0 radical (unpaired) electrons. The molecule has 7 heteroatoms. The van der Waals surface area contributed by atoms with Gasteiger partial charge in [0.2, 0.25) is 0 Å². The molecule has 0 fully saturated rings. The number of hydrogen-bond acceptors (Lipinski definition) is 5. The lowest BCUT2D eigenvalue weighted by molar-refractivity contribution is 0.0555. The first kappa shape index (κ1) is 17.4. The molecule has 0 bridgehead atoms. The maximum atomic E-state index is 12.4. The van der Waals surface area contributed by atoms with Gasteiger partial charge in [0.25, 0.3) is 0 Å². The Bertz CT molecular complexity index is 518. The molecule has 0 amide bonds. The highest BCUT2D eigenvalue weighted by atomic mass is 79.9. The van der Waals surface area contributed by atoms with Gasteiger partial charge in [0.1, 0.15) is 6.07 Å². The smallest absolute Gasteiger partial charge is 0.287 e. The van der Waals surface area contributed by atoms with Crippen LogP contribution in [0.3, 0.4) is 0 Å². The van der Waals surface area contributed by atoms with E-state index in [1.807, 2.05) is 6.07 Å². The zero-order valence-corrected chi connectivity index (χ0v) is 14.1. The van der Waals surface area contributed by atoms with Crippen molar-refractivity contribution in [1.82, 2.24) is 0 Å². The van der Waals surface area contributed by atoms with Crippen molar-refractivity contribution in [2.45, 2.75) is 26.4 Å². The van der Waals surface area contributed by atoms with Gasteiger partial charge in [-0.25, -0.2) is 4.57 Å². The van der Waals surface area contributed by atoms with Gasteiger partial charge in [-0.15, -0.1) is 0 Å². The third-order valence-corrected chi connectivity index (χ3v) is 4.74. The van der Waals surface area contributed by atoms with Crippen molar-refractivity contribution in [2.75, 3.05) is 13.2 Å². The quantitative estimate of drug-likeness (QED) is 0.673. The molecule has 0 saturated heterocycles. The van der Waals surface area contributed by atoms with Crippen molar-refractivity contribution >= 4 is 23.8 Å². The van der Waals surface area contributed by atoms with Crippen LogP contribution in [-0.4, -0.2) is 13.2 Å². The largest absolute Gasteiger partial charge is 0.476 e. The Kier molecular flexibility index (Phi) is 6.38. The first-order chi connectivity index (χ1) is 9.39. The van der Waals surface area contributed by atoms with Crippen molar-refractivity contribution in [1.29, 1.82) is 5.26 Å². The summed E-state index contributed by atoms with van der Waals surface area (Å²) < 4.78 is 28.8. The van der Waals surface area contributed by atoms with Crippen LogP contribution in [0.25, 0.3) is 0 Å². The van der Waals surface area contributed by atoms with Crippen LogP contribution in [0.5, 0.6) is 0 Å². The molecule has 5 nitrogen and oxygen atoms in total. The van der Waals surface area contributed by atoms with Gasteiger partial charge in [-0.1, -0.05) is 28.1 Å². The monoisotopic (exact) mass is 361 g/mol. The molecule has 20 heavy (non-hydrogen) atoms. The topological polar surface area (TPSA) is 68.6 Å². The first-order valence-corrected chi connectivity index (χ1v) is 8.41. The summed E-state index contributed by atoms with van der Waals surface area (Å²) in [4.78, 5) is 0. The number of nitriles is 1. The molecular formula is C13H17BrNO4P. The Morgan fingerprint density at radius 3 is 2.15 bits per heavy atom. The maximum Gasteiger partial charge on any atom is 0.476 e. The Morgan fingerprint density at radius 2 is 1.75 bits per heavy atom. The minimum atomic E-state index is -3.77. The molecule has 1 aromatic rings. The normalized spacial score (nSPS) is 14.6. The second-order valence-electron chi connectivity index (χ2n) is 4.03. The molecule has 1 rings (SSSR count). The van der Waals surface area contributed by atoms with Crippen LogP contribution in [0.15, 0.2) is 28.7 Å². The molecule has 1 aromatic carbocycles. The summed E-state index contributed by atoms with van der Waals surface area (Å²) in [6, 6.07) is 9.01. The number of rotatable bonds is 7. The average molecular weight is 362 g/mol. The third-order valence-electron chi connectivity index (χ3n) is 2.48. The fraction of sp³-hybridized carbons (Fsp3) is 0.462. The molecule has 0 saturated carbocycles. The van der Waals surface area contributed by atoms with Gasteiger partial charge in [0.15, 0.2) is 5.60 Å². The highest BCUT2D eigenvalue weighted by molar-refractivity contribution is 9.10. The molecular weight excluding hydrogens is 345 g/mol. The second-order valence-corrected chi connectivity index (χ2v) is 6.54. The fourth-order valence-electron chi connectivity index (χ4n) is 1.54. The number of hydrogen-bond donors (Lipinski definition) is 0. The number of phosphoric acid groups is 1. The average Bonchev–Trinajstić information content (AvgIpc) is 2.39. The second kappa shape index (κ2) is 7.35. The lowest BCUT2D eigenvalue weighted by Crippen LogP contribution is -2.23. The van der Waals surface area contributed by atoms with Gasteiger partial charge < -0.3 is 0 Å². The summed E-state index contributed by atoms with van der Waals surface area (Å²) in [5.74, 6) is 0. The summed E-state index contributed by atoms with van der Waals surface area (Å²) in [7, 11) is -3.77. The van der Waals surface area contributed by atoms with Gasteiger partial charge >= 0.3 is 7.82 Å². The van der Waals surface area contributed by atoms with Crippen LogP contribution in [0, 0.1) is 11.3 Å². The van der Waals surface area contributed by atoms with Crippen LogP contribution in [0.4, 0.5) is 0 Å². The number of nitrogens with zero attached hydrogens (tertiary/aromatic N) is 1. The van der Waals surface area contributed by atoms with Crippen LogP contribution >= 0.6 is 23.8 Å². The van der Waals surface area contributed by atoms with E-state index in [0.29, 0.717) is 5.56 Å². The molecule has 0 aliphatic carbocycles. The predicted molar refractivity (Wildman–Crippen MR) is 79.1 cm³/mol. The summed E-state index contributed by atoms with van der Waals surface area (Å²) in [5, 5.41) is 9.39. The summed E-state index contributed by atoms with van der Waals surface area (Å²) in [6.07, 6.45) is 0. The molecule has 0 aliphatic heterocycles. The van der Waals surface area contributed by atoms with Crippen molar-refractivity contribution in [2.24, 2.45) is 0 Å². The molecule has 0 spiro atoms. The minimum Gasteiger partial charge on any atom is -0.287 e. The van der Waals surface area contributed by atoms with Gasteiger partial charge in [-0.05, 0) is 38.5 Å². The maximum absolute atomic E-state index is 12.4. The summed E-state index contributed by atoms with van der Waals surface area (Å²) in [5.41, 5.74) is -0.844. The molecule has 0 aliphatic rings. The van der Waals surface area contributed by atoms with Gasteiger partial charge in [-0.3, -0.25) is 13.6 Å². The van der Waals surface area contributed by atoms with Crippen LogP contribution < -0.4 is 0 Å². The van der Waals surface area contributed by atoms with E-state index in [4.69, 9.17) is 13.6 Å². The van der Waals surface area contributed by atoms with Crippen LogP contribution in [-0.2, 0) is 23.7 Å². The Labute approximate surface area is 127 Å². The number of phosphoric ester groups is 1. The van der Waals surface area contributed by atoms with Crippen molar-refractivity contribution in [3.8, 4) is 6.07 Å². The Hall–Kier alpha value is -0.700. The van der Waals surface area contributed by atoms with E-state index in [-0.39, 0.29) is 13.2 Å². The molecule has 0 heterocycles. The molecule has 1 unspecified atom stereocenters. The molecule has 0 N–H and O–H groups in total. The summed E-state index contributed by atoms with van der Waals surface area (Å²) >= 11 is 3.32. The van der Waals surface area contributed by atoms with Crippen LogP contribution in [0.2, 0.25) is 0 Å². The van der Waals surface area contributed by atoms with Crippen molar-refractivity contribution < 1.29 is 18.1 Å². The van der Waals surface area contributed by atoms with E-state index in [1.54, 1.807) is 38.1 Å². The van der Waals surface area contributed by atoms with E-state index < -0.39 is 13.4 Å². The number of benzene rings is 1. The van der Waals surface area contributed by atoms with Crippen LogP contribution in [0.1, 0.15) is 26.3 Å². The predicted octanol–water partition coefficient (Wildman–Crippen LogP) is 4.39. The third kappa shape index (κ3) is 4.41. The Balaban J connectivity index is 3.08. The number of halogens is 1. The standard InChI is InChI=1S/C13H17BrNO4P/c1-4-17-20(16,18-5-2)19-13(3,10-15)11-6-8-12(14)9-7-11/h6-9H,4-5H2,1-3H3. The van der Waals surface area contributed by atoms with Gasteiger partial charge in [-0.2, -0.15) is 5.26 Å².